The molecule has 1 unspecified atom stereocenters. The van der Waals surface area contributed by atoms with E-state index in [9.17, 15) is 19.2 Å². The smallest absolute Gasteiger partial charge is 0.349 e. The van der Waals surface area contributed by atoms with Crippen LogP contribution in [-0.2, 0) is 19.1 Å². The average molecular weight is 485 g/mol. The number of esters is 4. The lowest BCUT2D eigenvalue weighted by atomic mass is 9.91. The predicted octanol–water partition coefficient (Wildman–Crippen LogP) is 4.99. The number of carbonyl (C=O) groups excluding carboxylic acids is 4. The van der Waals surface area contributed by atoms with Gasteiger partial charge in [-0.1, -0.05) is 27.2 Å². The van der Waals surface area contributed by atoms with E-state index in [1.807, 2.05) is 20.8 Å². The molecule has 0 amide bonds. The van der Waals surface area contributed by atoms with Crippen molar-refractivity contribution in [1.29, 1.82) is 0 Å². The normalized spacial score (nSPS) is 11.8. The Morgan fingerprint density at radius 1 is 0.771 bits per heavy atom. The topological polar surface area (TPSA) is 105 Å². The summed E-state index contributed by atoms with van der Waals surface area (Å²) in [5.41, 5.74) is -0.0706. The van der Waals surface area contributed by atoms with Gasteiger partial charge in [0.25, 0.3) is 0 Å². The van der Waals surface area contributed by atoms with Gasteiger partial charge in [0.2, 0.25) is 0 Å². The molecule has 0 aliphatic rings. The molecule has 0 aromatic heterocycles. The first-order valence-corrected chi connectivity index (χ1v) is 11.5. The summed E-state index contributed by atoms with van der Waals surface area (Å²) >= 11 is 0. The predicted molar refractivity (Wildman–Crippen MR) is 128 cm³/mol. The Labute approximate surface area is 205 Å². The Hall–Kier alpha value is -3.68. The molecule has 0 heterocycles. The molecule has 2 rings (SSSR count). The summed E-state index contributed by atoms with van der Waals surface area (Å²) in [5, 5.41) is 0. The fraction of sp³-hybridized carbons (Fsp3) is 0.407. The largest absolute Gasteiger partial charge is 0.462 e. The molecule has 0 fully saturated rings. The highest BCUT2D eigenvalue weighted by Gasteiger charge is 2.27. The molecule has 0 saturated heterocycles. The molecular weight excluding hydrogens is 452 g/mol. The molecule has 1 atom stereocenters. The maximum Gasteiger partial charge on any atom is 0.349 e. The molecule has 8 heteroatoms. The molecule has 0 radical (unpaired) electrons. The van der Waals surface area contributed by atoms with Gasteiger partial charge >= 0.3 is 23.9 Å². The van der Waals surface area contributed by atoms with Crippen LogP contribution in [0.5, 0.6) is 11.5 Å². The molecule has 2 aromatic rings. The second-order valence-corrected chi connectivity index (χ2v) is 8.84. The number of benzene rings is 2. The molecule has 8 nitrogen and oxygen atoms in total. The molecule has 0 aliphatic carbocycles. The van der Waals surface area contributed by atoms with Crippen LogP contribution in [-0.4, -0.2) is 37.1 Å². The van der Waals surface area contributed by atoms with Gasteiger partial charge in [0.05, 0.1) is 23.1 Å². The molecule has 0 bridgehead atoms. The van der Waals surface area contributed by atoms with E-state index in [1.165, 1.54) is 48.5 Å². The van der Waals surface area contributed by atoms with Gasteiger partial charge in [-0.15, -0.1) is 0 Å². The quantitative estimate of drug-likeness (QED) is 0.324. The first-order valence-electron chi connectivity index (χ1n) is 11.5. The fourth-order valence-corrected chi connectivity index (χ4v) is 2.53. The highest BCUT2D eigenvalue weighted by atomic mass is 16.6. The lowest BCUT2D eigenvalue weighted by Gasteiger charge is -2.19. The number of ether oxygens (including phenoxy) is 4. The van der Waals surface area contributed by atoms with E-state index in [0.717, 1.165) is 6.42 Å². The standard InChI is InChI=1S/C27H32O8/c1-6-18(3)16-32-24(29)19-8-10-20(11-9-19)25(30)35-22-14-12-21(13-15-22)34-23(28)17-33-26(31)27(4,5)7-2/h8-15,18H,6-7,16-17H2,1-5H3. The lowest BCUT2D eigenvalue weighted by molar-refractivity contribution is -0.161. The number of rotatable bonds is 11. The lowest BCUT2D eigenvalue weighted by Crippen LogP contribution is -2.29. The third-order valence-electron chi connectivity index (χ3n) is 5.58. The Morgan fingerprint density at radius 2 is 1.29 bits per heavy atom. The van der Waals surface area contributed by atoms with Crippen LogP contribution in [0.15, 0.2) is 48.5 Å². The number of hydrogen-bond donors (Lipinski definition) is 0. The number of hydrogen-bond acceptors (Lipinski definition) is 8. The van der Waals surface area contributed by atoms with Gasteiger partial charge in [0.1, 0.15) is 11.5 Å². The van der Waals surface area contributed by atoms with Crippen LogP contribution in [0.2, 0.25) is 0 Å². The van der Waals surface area contributed by atoms with Crippen molar-refractivity contribution in [2.75, 3.05) is 13.2 Å². The molecule has 0 spiro atoms. The molecule has 35 heavy (non-hydrogen) atoms. The summed E-state index contributed by atoms with van der Waals surface area (Å²) in [5.74, 6) is -1.53. The van der Waals surface area contributed by atoms with Gasteiger partial charge in [-0.25, -0.2) is 14.4 Å². The van der Waals surface area contributed by atoms with Crippen LogP contribution in [0.25, 0.3) is 0 Å². The van der Waals surface area contributed by atoms with Crippen molar-refractivity contribution in [3.8, 4) is 11.5 Å². The molecule has 0 aliphatic heterocycles. The zero-order valence-electron chi connectivity index (χ0n) is 20.8. The minimum absolute atomic E-state index is 0.209. The van der Waals surface area contributed by atoms with Gasteiger partial charge in [-0.3, -0.25) is 4.79 Å². The maximum absolute atomic E-state index is 12.4. The van der Waals surface area contributed by atoms with E-state index in [-0.39, 0.29) is 23.0 Å². The van der Waals surface area contributed by atoms with E-state index in [4.69, 9.17) is 18.9 Å². The SMILES string of the molecule is CCC(C)COC(=O)c1ccc(C(=O)Oc2ccc(OC(=O)COC(=O)C(C)(C)CC)cc2)cc1. The summed E-state index contributed by atoms with van der Waals surface area (Å²) < 4.78 is 20.7. The van der Waals surface area contributed by atoms with Gasteiger partial charge in [-0.05, 0) is 74.7 Å². The second kappa shape index (κ2) is 12.7. The summed E-state index contributed by atoms with van der Waals surface area (Å²) in [4.78, 5) is 48.3. The van der Waals surface area contributed by atoms with Crippen LogP contribution in [0.1, 0.15) is 68.2 Å². The Kier molecular flexibility index (Phi) is 9.99. The summed E-state index contributed by atoms with van der Waals surface area (Å²) in [7, 11) is 0. The van der Waals surface area contributed by atoms with E-state index in [0.29, 0.717) is 18.6 Å². The first kappa shape index (κ1) is 27.6. The Morgan fingerprint density at radius 3 is 1.80 bits per heavy atom. The third-order valence-corrected chi connectivity index (χ3v) is 5.58. The van der Waals surface area contributed by atoms with Crippen molar-refractivity contribution in [2.24, 2.45) is 11.3 Å². The van der Waals surface area contributed by atoms with E-state index in [1.54, 1.807) is 13.8 Å². The molecule has 0 saturated carbocycles. The van der Waals surface area contributed by atoms with Crippen LogP contribution < -0.4 is 9.47 Å². The summed E-state index contributed by atoms with van der Waals surface area (Å²) in [6, 6.07) is 11.8. The van der Waals surface area contributed by atoms with E-state index < -0.39 is 35.9 Å². The van der Waals surface area contributed by atoms with Crippen molar-refractivity contribution in [3.63, 3.8) is 0 Å². The van der Waals surface area contributed by atoms with Crippen molar-refractivity contribution < 1.29 is 38.1 Å². The van der Waals surface area contributed by atoms with Gasteiger partial charge < -0.3 is 18.9 Å². The van der Waals surface area contributed by atoms with Crippen molar-refractivity contribution >= 4 is 23.9 Å². The third kappa shape index (κ3) is 8.55. The van der Waals surface area contributed by atoms with Gasteiger partial charge in [-0.2, -0.15) is 0 Å². The summed E-state index contributed by atoms with van der Waals surface area (Å²) in [6.07, 6.45) is 1.49. The zero-order valence-corrected chi connectivity index (χ0v) is 20.8. The highest BCUT2D eigenvalue weighted by Crippen LogP contribution is 2.22. The van der Waals surface area contributed by atoms with Crippen LogP contribution in [0, 0.1) is 11.3 Å². The maximum atomic E-state index is 12.4. The molecular formula is C27H32O8. The Balaban J connectivity index is 1.86. The summed E-state index contributed by atoms with van der Waals surface area (Å²) in [6.45, 7) is 9.18. The van der Waals surface area contributed by atoms with Crippen LogP contribution in [0.3, 0.4) is 0 Å². The van der Waals surface area contributed by atoms with Crippen molar-refractivity contribution in [2.45, 2.75) is 47.5 Å². The highest BCUT2D eigenvalue weighted by molar-refractivity contribution is 5.94. The monoisotopic (exact) mass is 484 g/mol. The van der Waals surface area contributed by atoms with Crippen molar-refractivity contribution in [1.82, 2.24) is 0 Å². The second-order valence-electron chi connectivity index (χ2n) is 8.84. The minimum atomic E-state index is -0.724. The molecule has 2 aromatic carbocycles. The molecule has 0 N–H and O–H groups in total. The van der Waals surface area contributed by atoms with E-state index >= 15 is 0 Å². The van der Waals surface area contributed by atoms with Gasteiger partial charge in [0.15, 0.2) is 6.61 Å². The van der Waals surface area contributed by atoms with Crippen LogP contribution in [0.4, 0.5) is 0 Å². The minimum Gasteiger partial charge on any atom is -0.462 e. The Bertz CT molecular complexity index is 1020. The van der Waals surface area contributed by atoms with E-state index in [2.05, 4.69) is 0 Å². The zero-order chi connectivity index (χ0) is 26.0. The van der Waals surface area contributed by atoms with Crippen molar-refractivity contribution in [3.05, 3.63) is 59.7 Å². The molecule has 188 valence electrons. The first-order chi connectivity index (χ1) is 16.6. The van der Waals surface area contributed by atoms with Crippen LogP contribution >= 0.6 is 0 Å². The average Bonchev–Trinajstić information content (AvgIpc) is 2.86. The fourth-order valence-electron chi connectivity index (χ4n) is 2.53. The number of carbonyl (C=O) groups is 4. The van der Waals surface area contributed by atoms with Gasteiger partial charge in [0, 0.05) is 0 Å².